The van der Waals surface area contributed by atoms with Crippen molar-refractivity contribution in [1.82, 2.24) is 10.6 Å². The number of carbonyl (C=O) groups is 2. The van der Waals surface area contributed by atoms with Crippen LogP contribution in [0, 0.1) is 0 Å². The summed E-state index contributed by atoms with van der Waals surface area (Å²) in [5.41, 5.74) is -1.14. The van der Waals surface area contributed by atoms with E-state index in [1.807, 2.05) is 0 Å². The van der Waals surface area contributed by atoms with E-state index >= 15 is 0 Å². The number of carbonyl (C=O) groups excluding carboxylic acids is 1. The van der Waals surface area contributed by atoms with Gasteiger partial charge in [0.1, 0.15) is 5.54 Å². The number of likely N-dealkylation sites (N-methyl/N-ethyl adjacent to an activating group) is 1. The molecule has 0 radical (unpaired) electrons. The van der Waals surface area contributed by atoms with Gasteiger partial charge >= 0.3 is 5.97 Å². The van der Waals surface area contributed by atoms with Gasteiger partial charge in [-0.2, -0.15) is 0 Å². The summed E-state index contributed by atoms with van der Waals surface area (Å²) in [6, 6.07) is -0.387. The Hall–Kier alpha value is -1.10. The second-order valence-electron chi connectivity index (χ2n) is 3.59. The van der Waals surface area contributed by atoms with Gasteiger partial charge < -0.3 is 15.7 Å². The Morgan fingerprint density at radius 1 is 1.33 bits per heavy atom. The molecule has 0 fully saturated rings. The summed E-state index contributed by atoms with van der Waals surface area (Å²) in [6.45, 7) is 5.19. The highest BCUT2D eigenvalue weighted by atomic mass is 16.4. The topological polar surface area (TPSA) is 78.4 Å². The molecular weight excluding hydrogens is 196 g/mol. The molecule has 3 N–H and O–H groups in total. The van der Waals surface area contributed by atoms with Crippen LogP contribution in [-0.2, 0) is 9.59 Å². The van der Waals surface area contributed by atoms with Gasteiger partial charge in [0.05, 0.1) is 6.04 Å². The van der Waals surface area contributed by atoms with Crippen molar-refractivity contribution in [1.29, 1.82) is 0 Å². The van der Waals surface area contributed by atoms with Crippen molar-refractivity contribution in [2.45, 2.75) is 45.2 Å². The van der Waals surface area contributed by atoms with Crippen molar-refractivity contribution < 1.29 is 14.7 Å². The van der Waals surface area contributed by atoms with E-state index in [9.17, 15) is 9.59 Å². The molecular formula is C10H20N2O3. The van der Waals surface area contributed by atoms with Crippen LogP contribution in [0.3, 0.4) is 0 Å². The number of hydrogen-bond acceptors (Lipinski definition) is 3. The summed E-state index contributed by atoms with van der Waals surface area (Å²) in [7, 11) is 1.66. The Bertz CT molecular complexity index is 237. The predicted molar refractivity (Wildman–Crippen MR) is 57.6 cm³/mol. The third-order valence-electron chi connectivity index (χ3n) is 2.81. The van der Waals surface area contributed by atoms with Crippen LogP contribution in [0.1, 0.15) is 33.6 Å². The molecule has 1 unspecified atom stereocenters. The highest BCUT2D eigenvalue weighted by Crippen LogP contribution is 2.15. The minimum atomic E-state index is -1.14. The Labute approximate surface area is 90.2 Å². The van der Waals surface area contributed by atoms with E-state index in [0.717, 1.165) is 0 Å². The molecule has 0 aromatic rings. The smallest absolute Gasteiger partial charge is 0.329 e. The molecule has 0 aromatic carbocycles. The summed E-state index contributed by atoms with van der Waals surface area (Å²) in [5.74, 6) is -1.27. The van der Waals surface area contributed by atoms with Crippen LogP contribution in [0.25, 0.3) is 0 Å². The van der Waals surface area contributed by atoms with Crippen LogP contribution in [0.4, 0.5) is 0 Å². The van der Waals surface area contributed by atoms with Crippen LogP contribution in [0.5, 0.6) is 0 Å². The Balaban J connectivity index is 4.69. The van der Waals surface area contributed by atoms with Crippen LogP contribution in [-0.4, -0.2) is 35.6 Å². The quantitative estimate of drug-likeness (QED) is 0.599. The molecule has 1 atom stereocenters. The zero-order valence-corrected chi connectivity index (χ0v) is 9.76. The highest BCUT2D eigenvalue weighted by molar-refractivity contribution is 5.89. The third kappa shape index (κ3) is 3.20. The van der Waals surface area contributed by atoms with Gasteiger partial charge in [0.15, 0.2) is 0 Å². The fourth-order valence-corrected chi connectivity index (χ4v) is 1.26. The van der Waals surface area contributed by atoms with Crippen molar-refractivity contribution in [2.24, 2.45) is 0 Å². The van der Waals surface area contributed by atoms with Crippen molar-refractivity contribution in [2.75, 3.05) is 7.05 Å². The molecule has 1 amide bonds. The first kappa shape index (κ1) is 13.9. The number of carboxylic acid groups (broad SMARTS) is 1. The fraction of sp³-hybridized carbons (Fsp3) is 0.800. The van der Waals surface area contributed by atoms with Gasteiger partial charge in [0.2, 0.25) is 5.91 Å². The zero-order chi connectivity index (χ0) is 12.1. The van der Waals surface area contributed by atoms with E-state index < -0.39 is 11.5 Å². The standard InChI is InChI=1S/C10H20N2O3/c1-5-10(6-2,9(14)15)12-8(13)7(3)11-4/h7,11H,5-6H2,1-4H3,(H,12,13)(H,14,15). The van der Waals surface area contributed by atoms with Gasteiger partial charge in [-0.05, 0) is 26.8 Å². The molecule has 0 saturated heterocycles. The minimum absolute atomic E-state index is 0.288. The zero-order valence-electron chi connectivity index (χ0n) is 9.76. The molecule has 5 nitrogen and oxygen atoms in total. The maximum atomic E-state index is 11.6. The summed E-state index contributed by atoms with van der Waals surface area (Å²) in [6.07, 6.45) is 0.752. The summed E-state index contributed by atoms with van der Waals surface area (Å²) in [5, 5.41) is 14.4. The van der Waals surface area contributed by atoms with Gasteiger partial charge in [0.25, 0.3) is 0 Å². The number of hydrogen-bond donors (Lipinski definition) is 3. The average molecular weight is 216 g/mol. The molecule has 0 spiro atoms. The highest BCUT2D eigenvalue weighted by Gasteiger charge is 2.37. The van der Waals surface area contributed by atoms with Crippen molar-refractivity contribution in [3.63, 3.8) is 0 Å². The lowest BCUT2D eigenvalue weighted by molar-refractivity contribution is -0.148. The maximum Gasteiger partial charge on any atom is 0.329 e. The van der Waals surface area contributed by atoms with Crippen molar-refractivity contribution in [3.8, 4) is 0 Å². The molecule has 0 aromatic heterocycles. The van der Waals surface area contributed by atoms with Gasteiger partial charge in [-0.1, -0.05) is 13.8 Å². The van der Waals surface area contributed by atoms with E-state index in [1.54, 1.807) is 27.8 Å². The monoisotopic (exact) mass is 216 g/mol. The van der Waals surface area contributed by atoms with Crippen LogP contribution >= 0.6 is 0 Å². The van der Waals surface area contributed by atoms with E-state index in [2.05, 4.69) is 10.6 Å². The number of nitrogens with one attached hydrogen (secondary N) is 2. The van der Waals surface area contributed by atoms with Crippen molar-refractivity contribution >= 4 is 11.9 Å². The lowest BCUT2D eigenvalue weighted by Gasteiger charge is -2.29. The van der Waals surface area contributed by atoms with Gasteiger partial charge in [-0.25, -0.2) is 4.79 Å². The molecule has 88 valence electrons. The molecule has 0 aliphatic rings. The second-order valence-corrected chi connectivity index (χ2v) is 3.59. The molecule has 0 bridgehead atoms. The fourth-order valence-electron chi connectivity index (χ4n) is 1.26. The average Bonchev–Trinajstić information content (AvgIpc) is 2.24. The largest absolute Gasteiger partial charge is 0.480 e. The Kier molecular flexibility index (Phi) is 5.28. The van der Waals surface area contributed by atoms with E-state index in [4.69, 9.17) is 5.11 Å². The number of carboxylic acids is 1. The minimum Gasteiger partial charge on any atom is -0.480 e. The first-order valence-corrected chi connectivity index (χ1v) is 5.16. The molecule has 0 rings (SSSR count). The van der Waals surface area contributed by atoms with Gasteiger partial charge in [-0.3, -0.25) is 4.79 Å². The number of amides is 1. The Morgan fingerprint density at radius 2 is 1.80 bits per heavy atom. The maximum absolute atomic E-state index is 11.6. The lowest BCUT2D eigenvalue weighted by atomic mass is 9.92. The number of rotatable bonds is 6. The predicted octanol–water partition coefficient (Wildman–Crippen LogP) is 0.354. The lowest BCUT2D eigenvalue weighted by Crippen LogP contribution is -2.57. The van der Waals surface area contributed by atoms with Crippen molar-refractivity contribution in [3.05, 3.63) is 0 Å². The second kappa shape index (κ2) is 5.70. The summed E-state index contributed by atoms with van der Waals surface area (Å²) in [4.78, 5) is 22.7. The van der Waals surface area contributed by atoms with E-state index in [-0.39, 0.29) is 11.9 Å². The molecule has 0 aliphatic carbocycles. The summed E-state index contributed by atoms with van der Waals surface area (Å²) >= 11 is 0. The van der Waals surface area contributed by atoms with Crippen LogP contribution < -0.4 is 10.6 Å². The summed E-state index contributed by atoms with van der Waals surface area (Å²) < 4.78 is 0. The molecule has 15 heavy (non-hydrogen) atoms. The first-order valence-electron chi connectivity index (χ1n) is 5.16. The van der Waals surface area contributed by atoms with Gasteiger partial charge in [0, 0.05) is 0 Å². The normalized spacial score (nSPS) is 13.3. The van der Waals surface area contributed by atoms with Gasteiger partial charge in [-0.15, -0.1) is 0 Å². The van der Waals surface area contributed by atoms with Crippen LogP contribution in [0.2, 0.25) is 0 Å². The molecule has 0 saturated carbocycles. The SMILES string of the molecule is CCC(CC)(NC(=O)C(C)NC)C(=O)O. The first-order chi connectivity index (χ1) is 6.93. The molecule has 0 heterocycles. The molecule has 5 heteroatoms. The van der Waals surface area contributed by atoms with E-state index in [1.165, 1.54) is 0 Å². The molecule has 0 aliphatic heterocycles. The van der Waals surface area contributed by atoms with E-state index in [0.29, 0.717) is 12.8 Å². The third-order valence-corrected chi connectivity index (χ3v) is 2.81. The van der Waals surface area contributed by atoms with Crippen LogP contribution in [0.15, 0.2) is 0 Å². The Morgan fingerprint density at radius 3 is 2.07 bits per heavy atom. The number of aliphatic carboxylic acids is 1.